The Morgan fingerprint density at radius 2 is 2.06 bits per heavy atom. The number of halogens is 2. The standard InChI is InChI=1S/C22H19BrClN5O2S2/c1-13(31-17-5-3-4-16(24)10-17)20-27-28-22(29(20)2)33-12-19(30)26-21-25-18(11-32-21)14-6-8-15(23)9-7-14/h3-11,13H,12H2,1-2H3,(H,25,26,30). The summed E-state index contributed by atoms with van der Waals surface area (Å²) in [5.41, 5.74) is 1.81. The number of thiazole rings is 1. The van der Waals surface area contributed by atoms with E-state index in [4.69, 9.17) is 16.3 Å². The van der Waals surface area contributed by atoms with Gasteiger partial charge in [0.15, 0.2) is 22.2 Å². The number of thioether (sulfide) groups is 1. The molecule has 4 aromatic rings. The second-order valence-electron chi connectivity index (χ2n) is 7.00. The van der Waals surface area contributed by atoms with Gasteiger partial charge in [-0.05, 0) is 37.3 Å². The molecule has 0 bridgehead atoms. The zero-order valence-corrected chi connectivity index (χ0v) is 21.6. The lowest BCUT2D eigenvalue weighted by Gasteiger charge is -2.14. The highest BCUT2D eigenvalue weighted by Gasteiger charge is 2.18. The van der Waals surface area contributed by atoms with Gasteiger partial charge in [0, 0.05) is 27.5 Å². The second kappa shape index (κ2) is 10.7. The van der Waals surface area contributed by atoms with Gasteiger partial charge in [-0.15, -0.1) is 21.5 Å². The van der Waals surface area contributed by atoms with Crippen molar-refractivity contribution in [3.05, 3.63) is 69.2 Å². The van der Waals surface area contributed by atoms with Gasteiger partial charge in [0.1, 0.15) is 5.75 Å². The first-order valence-corrected chi connectivity index (χ1v) is 12.9. The van der Waals surface area contributed by atoms with Gasteiger partial charge in [-0.2, -0.15) is 0 Å². The maximum Gasteiger partial charge on any atom is 0.236 e. The number of rotatable bonds is 8. The number of aromatic nitrogens is 4. The number of nitrogens with one attached hydrogen (secondary N) is 1. The molecule has 0 aliphatic carbocycles. The number of carbonyl (C=O) groups is 1. The van der Waals surface area contributed by atoms with Crippen LogP contribution in [0.5, 0.6) is 5.75 Å². The van der Waals surface area contributed by atoms with Crippen LogP contribution >= 0.6 is 50.6 Å². The molecule has 0 radical (unpaired) electrons. The zero-order valence-electron chi connectivity index (χ0n) is 17.7. The van der Waals surface area contributed by atoms with E-state index in [0.717, 1.165) is 15.7 Å². The third kappa shape index (κ3) is 6.14. The molecule has 11 heteroatoms. The lowest BCUT2D eigenvalue weighted by atomic mass is 10.2. The molecule has 1 amide bonds. The van der Waals surface area contributed by atoms with Crippen LogP contribution in [-0.2, 0) is 11.8 Å². The average Bonchev–Trinajstić information content (AvgIpc) is 3.39. The van der Waals surface area contributed by atoms with Gasteiger partial charge in [0.25, 0.3) is 0 Å². The van der Waals surface area contributed by atoms with Crippen molar-refractivity contribution in [2.75, 3.05) is 11.1 Å². The minimum Gasteiger partial charge on any atom is -0.483 e. The highest BCUT2D eigenvalue weighted by Crippen LogP contribution is 2.27. The predicted octanol–water partition coefficient (Wildman–Crippen LogP) is 6.23. The molecular formula is C22H19BrClN5O2S2. The summed E-state index contributed by atoms with van der Waals surface area (Å²) in [6.07, 6.45) is -0.337. The fourth-order valence-corrected chi connectivity index (χ4v) is 4.87. The van der Waals surface area contributed by atoms with Gasteiger partial charge in [-0.1, -0.05) is 57.5 Å². The van der Waals surface area contributed by atoms with Gasteiger partial charge in [-0.25, -0.2) is 4.98 Å². The Labute approximate surface area is 212 Å². The molecule has 2 heterocycles. The van der Waals surface area contributed by atoms with Gasteiger partial charge in [0.2, 0.25) is 5.91 Å². The number of hydrogen-bond donors (Lipinski definition) is 1. The summed E-state index contributed by atoms with van der Waals surface area (Å²) in [7, 11) is 1.85. The Morgan fingerprint density at radius 1 is 1.27 bits per heavy atom. The summed E-state index contributed by atoms with van der Waals surface area (Å²) < 4.78 is 8.75. The van der Waals surface area contributed by atoms with Crippen LogP contribution in [-0.4, -0.2) is 31.4 Å². The Hall–Kier alpha value is -2.40. The Kier molecular flexibility index (Phi) is 7.69. The summed E-state index contributed by atoms with van der Waals surface area (Å²) in [5, 5.41) is 15.0. The third-order valence-corrected chi connectivity index (χ3v) is 7.11. The van der Waals surface area contributed by atoms with E-state index in [-0.39, 0.29) is 17.8 Å². The van der Waals surface area contributed by atoms with Crippen LogP contribution in [0.25, 0.3) is 11.3 Å². The normalized spacial score (nSPS) is 11.9. The maximum absolute atomic E-state index is 12.4. The summed E-state index contributed by atoms with van der Waals surface area (Å²) in [6.45, 7) is 1.89. The van der Waals surface area contributed by atoms with Crippen LogP contribution in [0, 0.1) is 0 Å². The molecule has 0 aliphatic rings. The number of hydrogen-bond acceptors (Lipinski definition) is 7. The van der Waals surface area contributed by atoms with E-state index in [2.05, 4.69) is 36.4 Å². The van der Waals surface area contributed by atoms with Crippen molar-refractivity contribution in [2.24, 2.45) is 7.05 Å². The molecule has 2 aromatic carbocycles. The van der Waals surface area contributed by atoms with Gasteiger partial charge in [0.05, 0.1) is 11.4 Å². The van der Waals surface area contributed by atoms with Crippen LogP contribution < -0.4 is 10.1 Å². The number of amides is 1. The van der Waals surface area contributed by atoms with Crippen LogP contribution in [0.2, 0.25) is 5.02 Å². The molecule has 170 valence electrons. The molecule has 7 nitrogen and oxygen atoms in total. The molecule has 0 saturated carbocycles. The number of benzene rings is 2. The quantitative estimate of drug-likeness (QED) is 0.256. The van der Waals surface area contributed by atoms with Crippen molar-refractivity contribution in [1.82, 2.24) is 19.7 Å². The SMILES string of the molecule is CC(Oc1cccc(Cl)c1)c1nnc(SCC(=O)Nc2nc(-c3ccc(Br)cc3)cs2)n1C. The predicted molar refractivity (Wildman–Crippen MR) is 136 cm³/mol. The Bertz CT molecular complexity index is 1260. The Morgan fingerprint density at radius 3 is 2.82 bits per heavy atom. The lowest BCUT2D eigenvalue weighted by Crippen LogP contribution is -2.14. The number of nitrogens with zero attached hydrogens (tertiary/aromatic N) is 4. The first-order chi connectivity index (χ1) is 15.9. The molecule has 0 spiro atoms. The highest BCUT2D eigenvalue weighted by atomic mass is 79.9. The number of ether oxygens (including phenoxy) is 1. The minimum atomic E-state index is -0.337. The second-order valence-corrected chi connectivity index (χ2v) is 10.2. The average molecular weight is 565 g/mol. The number of anilines is 1. The van der Waals surface area contributed by atoms with E-state index < -0.39 is 0 Å². The van der Waals surface area contributed by atoms with Gasteiger partial charge < -0.3 is 14.6 Å². The molecular weight excluding hydrogens is 546 g/mol. The van der Waals surface area contributed by atoms with Crippen molar-refractivity contribution in [1.29, 1.82) is 0 Å². The molecule has 33 heavy (non-hydrogen) atoms. The molecule has 0 fully saturated rings. The largest absolute Gasteiger partial charge is 0.483 e. The first-order valence-electron chi connectivity index (χ1n) is 9.84. The lowest BCUT2D eigenvalue weighted by molar-refractivity contribution is -0.113. The summed E-state index contributed by atoms with van der Waals surface area (Å²) in [6, 6.07) is 15.1. The van der Waals surface area contributed by atoms with E-state index >= 15 is 0 Å². The van der Waals surface area contributed by atoms with Gasteiger partial charge >= 0.3 is 0 Å². The molecule has 0 aliphatic heterocycles. The molecule has 2 aromatic heterocycles. The number of carbonyl (C=O) groups excluding carboxylic acids is 1. The third-order valence-electron chi connectivity index (χ3n) is 4.56. The minimum absolute atomic E-state index is 0.163. The van der Waals surface area contributed by atoms with Crippen LogP contribution in [0.1, 0.15) is 18.9 Å². The van der Waals surface area contributed by atoms with E-state index in [1.54, 1.807) is 12.1 Å². The maximum atomic E-state index is 12.4. The fourth-order valence-electron chi connectivity index (χ4n) is 2.97. The molecule has 4 rings (SSSR count). The zero-order chi connectivity index (χ0) is 23.4. The summed E-state index contributed by atoms with van der Waals surface area (Å²) >= 11 is 12.1. The van der Waals surface area contributed by atoms with E-state index in [1.165, 1.54) is 23.1 Å². The molecule has 1 unspecified atom stereocenters. The first kappa shape index (κ1) is 23.7. The van der Waals surface area contributed by atoms with Crippen molar-refractivity contribution >= 4 is 61.7 Å². The summed E-state index contributed by atoms with van der Waals surface area (Å²) in [4.78, 5) is 16.9. The van der Waals surface area contributed by atoms with Crippen LogP contribution in [0.3, 0.4) is 0 Å². The molecule has 1 N–H and O–H groups in total. The molecule has 0 saturated heterocycles. The van der Waals surface area contributed by atoms with E-state index in [9.17, 15) is 4.79 Å². The fraction of sp³-hybridized carbons (Fsp3) is 0.182. The van der Waals surface area contributed by atoms with Crippen molar-refractivity contribution in [3.63, 3.8) is 0 Å². The monoisotopic (exact) mass is 563 g/mol. The topological polar surface area (TPSA) is 81.9 Å². The highest BCUT2D eigenvalue weighted by molar-refractivity contribution is 9.10. The van der Waals surface area contributed by atoms with Crippen molar-refractivity contribution < 1.29 is 9.53 Å². The summed E-state index contributed by atoms with van der Waals surface area (Å²) in [5.74, 6) is 1.32. The van der Waals surface area contributed by atoms with Crippen LogP contribution in [0.15, 0.2) is 63.5 Å². The molecule has 1 atom stereocenters. The Balaban J connectivity index is 1.32. The smallest absolute Gasteiger partial charge is 0.236 e. The van der Waals surface area contributed by atoms with Gasteiger partial charge in [-0.3, -0.25) is 4.79 Å². The van der Waals surface area contributed by atoms with E-state index in [0.29, 0.717) is 26.9 Å². The van der Waals surface area contributed by atoms with Crippen molar-refractivity contribution in [3.8, 4) is 17.0 Å². The van der Waals surface area contributed by atoms with Crippen LogP contribution in [0.4, 0.5) is 5.13 Å². The van der Waals surface area contributed by atoms with Crippen molar-refractivity contribution in [2.45, 2.75) is 18.2 Å². The van der Waals surface area contributed by atoms with E-state index in [1.807, 2.05) is 60.3 Å².